The van der Waals surface area contributed by atoms with Crippen LogP contribution in [0.3, 0.4) is 0 Å². The number of carbonyl (C=O) groups excluding carboxylic acids is 1. The summed E-state index contributed by atoms with van der Waals surface area (Å²) in [6, 6.07) is 22.5. The molecule has 0 saturated carbocycles. The van der Waals surface area contributed by atoms with Crippen molar-refractivity contribution in [1.82, 2.24) is 9.55 Å². The number of hydrogen-bond acceptors (Lipinski definition) is 3. The number of para-hydroxylation sites is 2. The molecule has 1 heterocycles. The van der Waals surface area contributed by atoms with E-state index in [1.807, 2.05) is 49.4 Å². The molecule has 0 spiro atoms. The van der Waals surface area contributed by atoms with Crippen LogP contribution in [0.15, 0.2) is 78.0 Å². The first kappa shape index (κ1) is 20.2. The lowest BCUT2D eigenvalue weighted by Crippen LogP contribution is -2.09. The van der Waals surface area contributed by atoms with Crippen molar-refractivity contribution in [2.45, 2.75) is 30.8 Å². The van der Waals surface area contributed by atoms with Crippen molar-refractivity contribution in [1.29, 1.82) is 0 Å². The molecule has 152 valence electrons. The Bertz CT molecular complexity index is 1150. The quantitative estimate of drug-likeness (QED) is 0.381. The first-order valence-electron chi connectivity index (χ1n) is 9.83. The summed E-state index contributed by atoms with van der Waals surface area (Å²) in [5, 5.41) is 3.79. The van der Waals surface area contributed by atoms with Gasteiger partial charge >= 0.3 is 0 Å². The van der Waals surface area contributed by atoms with E-state index in [4.69, 9.17) is 4.98 Å². The highest BCUT2D eigenvalue weighted by Crippen LogP contribution is 2.28. The smallest absolute Gasteiger partial charge is 0.224 e. The second kappa shape index (κ2) is 9.13. The molecule has 0 aliphatic heterocycles. The molecule has 6 heteroatoms. The molecule has 0 saturated heterocycles. The van der Waals surface area contributed by atoms with E-state index in [1.54, 1.807) is 23.9 Å². The number of amides is 1. The Morgan fingerprint density at radius 1 is 1.00 bits per heavy atom. The Labute approximate surface area is 179 Å². The highest BCUT2D eigenvalue weighted by Gasteiger charge is 2.12. The van der Waals surface area contributed by atoms with Gasteiger partial charge in [0.25, 0.3) is 0 Å². The number of imidazole rings is 1. The van der Waals surface area contributed by atoms with Gasteiger partial charge in [-0.3, -0.25) is 4.79 Å². The topological polar surface area (TPSA) is 46.9 Å². The van der Waals surface area contributed by atoms with Crippen LogP contribution in [0.5, 0.6) is 0 Å². The number of nitrogens with one attached hydrogen (secondary N) is 1. The summed E-state index contributed by atoms with van der Waals surface area (Å²) in [6.45, 7) is 2.51. The Morgan fingerprint density at radius 3 is 2.43 bits per heavy atom. The van der Waals surface area contributed by atoms with Gasteiger partial charge in [0, 0.05) is 17.9 Å². The number of nitrogens with zero attached hydrogens (tertiary/aromatic N) is 2. The first-order valence-corrected chi connectivity index (χ1v) is 10.8. The maximum atomic E-state index is 13.2. The van der Waals surface area contributed by atoms with E-state index in [1.165, 1.54) is 12.1 Å². The third-order valence-corrected chi connectivity index (χ3v) is 5.85. The molecular formula is C24H22FN3OS. The van der Waals surface area contributed by atoms with Gasteiger partial charge in [-0.2, -0.15) is 0 Å². The summed E-state index contributed by atoms with van der Waals surface area (Å²) in [5.41, 5.74) is 4.99. The number of fused-ring (bicyclic) bond motifs is 1. The number of rotatable bonds is 7. The van der Waals surface area contributed by atoms with E-state index in [2.05, 4.69) is 16.0 Å². The third-order valence-electron chi connectivity index (χ3n) is 4.80. The van der Waals surface area contributed by atoms with E-state index in [-0.39, 0.29) is 11.7 Å². The van der Waals surface area contributed by atoms with Crippen molar-refractivity contribution in [3.05, 3.63) is 89.7 Å². The number of halogens is 1. The fraction of sp³-hybridized carbons (Fsp3) is 0.167. The predicted molar refractivity (Wildman–Crippen MR) is 120 cm³/mol. The second-order valence-electron chi connectivity index (χ2n) is 6.98. The van der Waals surface area contributed by atoms with E-state index in [9.17, 15) is 9.18 Å². The summed E-state index contributed by atoms with van der Waals surface area (Å²) in [7, 11) is 0. The van der Waals surface area contributed by atoms with Crippen LogP contribution in [-0.4, -0.2) is 15.5 Å². The zero-order valence-electron chi connectivity index (χ0n) is 16.6. The van der Waals surface area contributed by atoms with Gasteiger partial charge in [0.2, 0.25) is 5.91 Å². The number of thioether (sulfide) groups is 1. The van der Waals surface area contributed by atoms with Gasteiger partial charge in [-0.05, 0) is 47.5 Å². The summed E-state index contributed by atoms with van der Waals surface area (Å²) in [5.74, 6) is 0.489. The molecule has 4 rings (SSSR count). The van der Waals surface area contributed by atoms with Gasteiger partial charge in [0.15, 0.2) is 5.16 Å². The minimum atomic E-state index is -0.227. The number of carbonyl (C=O) groups is 1. The molecule has 3 aromatic carbocycles. The van der Waals surface area contributed by atoms with Crippen LogP contribution in [0, 0.1) is 5.82 Å². The summed E-state index contributed by atoms with van der Waals surface area (Å²) >= 11 is 1.64. The molecule has 1 aromatic heterocycles. The number of hydrogen-bond donors (Lipinski definition) is 1. The number of aromatic nitrogens is 2. The standard InChI is InChI=1S/C24H22FN3OS/c1-2-23(29)26-20-13-9-17(10-14-20)15-28-22-6-4-3-5-21(22)27-24(28)30-16-18-7-11-19(25)12-8-18/h3-14H,2,15-16H2,1H3,(H,26,29). The van der Waals surface area contributed by atoms with E-state index in [0.717, 1.165) is 33.0 Å². The molecule has 0 radical (unpaired) electrons. The van der Waals surface area contributed by atoms with Crippen molar-refractivity contribution >= 4 is 34.4 Å². The normalized spacial score (nSPS) is 11.0. The Hall–Kier alpha value is -3.12. The molecule has 30 heavy (non-hydrogen) atoms. The molecule has 0 atom stereocenters. The first-order chi connectivity index (χ1) is 14.6. The Kier molecular flexibility index (Phi) is 6.14. The van der Waals surface area contributed by atoms with Gasteiger partial charge in [-0.25, -0.2) is 9.37 Å². The zero-order chi connectivity index (χ0) is 20.9. The van der Waals surface area contributed by atoms with Gasteiger partial charge in [-0.1, -0.05) is 55.1 Å². The monoisotopic (exact) mass is 419 g/mol. The van der Waals surface area contributed by atoms with Crippen LogP contribution in [0.1, 0.15) is 24.5 Å². The fourth-order valence-electron chi connectivity index (χ4n) is 3.17. The van der Waals surface area contributed by atoms with Crippen LogP contribution in [0.25, 0.3) is 11.0 Å². The summed E-state index contributed by atoms with van der Waals surface area (Å²) in [6.07, 6.45) is 0.456. The summed E-state index contributed by atoms with van der Waals surface area (Å²) < 4.78 is 15.4. The number of benzene rings is 3. The van der Waals surface area contributed by atoms with Gasteiger partial charge in [-0.15, -0.1) is 0 Å². The van der Waals surface area contributed by atoms with E-state index >= 15 is 0 Å². The average Bonchev–Trinajstić information content (AvgIpc) is 3.12. The largest absolute Gasteiger partial charge is 0.326 e. The Balaban J connectivity index is 1.57. The Morgan fingerprint density at radius 2 is 1.70 bits per heavy atom. The average molecular weight is 420 g/mol. The van der Waals surface area contributed by atoms with E-state index in [0.29, 0.717) is 18.7 Å². The maximum absolute atomic E-state index is 13.2. The third kappa shape index (κ3) is 4.71. The maximum Gasteiger partial charge on any atom is 0.224 e. The molecule has 0 aliphatic rings. The minimum Gasteiger partial charge on any atom is -0.326 e. The molecule has 0 unspecified atom stereocenters. The van der Waals surface area contributed by atoms with Crippen molar-refractivity contribution < 1.29 is 9.18 Å². The molecule has 0 bridgehead atoms. The molecule has 4 aromatic rings. The zero-order valence-corrected chi connectivity index (χ0v) is 17.5. The van der Waals surface area contributed by atoms with Crippen LogP contribution < -0.4 is 5.32 Å². The van der Waals surface area contributed by atoms with Gasteiger partial charge in [0.05, 0.1) is 17.6 Å². The lowest BCUT2D eigenvalue weighted by atomic mass is 10.2. The minimum absolute atomic E-state index is 0.00262. The van der Waals surface area contributed by atoms with Crippen molar-refractivity contribution in [3.8, 4) is 0 Å². The van der Waals surface area contributed by atoms with Crippen LogP contribution in [0.2, 0.25) is 0 Å². The molecule has 1 N–H and O–H groups in total. The predicted octanol–water partition coefficient (Wildman–Crippen LogP) is 5.86. The van der Waals surface area contributed by atoms with Crippen molar-refractivity contribution in [3.63, 3.8) is 0 Å². The van der Waals surface area contributed by atoms with E-state index < -0.39 is 0 Å². The van der Waals surface area contributed by atoms with Gasteiger partial charge in [0.1, 0.15) is 5.82 Å². The highest BCUT2D eigenvalue weighted by molar-refractivity contribution is 7.98. The number of anilines is 1. The molecule has 0 aliphatic carbocycles. The lowest BCUT2D eigenvalue weighted by Gasteiger charge is -2.10. The van der Waals surface area contributed by atoms with Crippen molar-refractivity contribution in [2.24, 2.45) is 0 Å². The molecule has 1 amide bonds. The molecule has 4 nitrogen and oxygen atoms in total. The summed E-state index contributed by atoms with van der Waals surface area (Å²) in [4.78, 5) is 16.4. The van der Waals surface area contributed by atoms with Gasteiger partial charge < -0.3 is 9.88 Å². The SMILES string of the molecule is CCC(=O)Nc1ccc(Cn2c(SCc3ccc(F)cc3)nc3ccccc32)cc1. The fourth-order valence-corrected chi connectivity index (χ4v) is 4.14. The van der Waals surface area contributed by atoms with Crippen LogP contribution in [-0.2, 0) is 17.1 Å². The van der Waals surface area contributed by atoms with Crippen LogP contribution >= 0.6 is 11.8 Å². The van der Waals surface area contributed by atoms with Crippen molar-refractivity contribution in [2.75, 3.05) is 5.32 Å². The lowest BCUT2D eigenvalue weighted by molar-refractivity contribution is -0.115. The highest BCUT2D eigenvalue weighted by atomic mass is 32.2. The second-order valence-corrected chi connectivity index (χ2v) is 7.93. The molecular weight excluding hydrogens is 397 g/mol. The molecule has 0 fully saturated rings. The van der Waals surface area contributed by atoms with Crippen LogP contribution in [0.4, 0.5) is 10.1 Å².